The predicted octanol–water partition coefficient (Wildman–Crippen LogP) is 1.03. The number of hydrogen-bond donors (Lipinski definition) is 2. The number of hydrogen-bond acceptors (Lipinski definition) is 3. The van der Waals surface area contributed by atoms with Crippen LogP contribution >= 0.6 is 0 Å². The van der Waals surface area contributed by atoms with Crippen molar-refractivity contribution in [3.63, 3.8) is 0 Å². The van der Waals surface area contributed by atoms with Crippen LogP contribution in [0.15, 0.2) is 18.5 Å². The Kier molecular flexibility index (Phi) is 6.53. The summed E-state index contributed by atoms with van der Waals surface area (Å²) in [4.78, 5) is 21.6. The monoisotopic (exact) mass is 253 g/mol. The van der Waals surface area contributed by atoms with Crippen LogP contribution in [0.2, 0.25) is 0 Å². The Labute approximate surface area is 106 Å². The second kappa shape index (κ2) is 8.27. The van der Waals surface area contributed by atoms with Gasteiger partial charge in [0.15, 0.2) is 0 Å². The molecule has 100 valence electrons. The van der Waals surface area contributed by atoms with Gasteiger partial charge in [-0.25, -0.2) is 0 Å². The molecule has 0 aliphatic carbocycles. The summed E-state index contributed by atoms with van der Waals surface area (Å²) in [5, 5.41) is 15.3. The van der Waals surface area contributed by atoms with Crippen molar-refractivity contribution in [1.82, 2.24) is 15.1 Å². The number of unbranched alkanes of at least 4 members (excludes halogenated alkanes) is 1. The highest BCUT2D eigenvalue weighted by Gasteiger charge is 2.02. The Morgan fingerprint density at radius 2 is 2.00 bits per heavy atom. The summed E-state index contributed by atoms with van der Waals surface area (Å²) in [5.41, 5.74) is 0. The number of nitrogens with one attached hydrogen (secondary N) is 1. The second-order valence-electron chi connectivity index (χ2n) is 4.07. The molecular weight excluding hydrogens is 234 g/mol. The number of aryl methyl sites for hydroxylation is 1. The third kappa shape index (κ3) is 6.67. The van der Waals surface area contributed by atoms with Gasteiger partial charge in [0.05, 0.1) is 0 Å². The molecule has 0 aliphatic rings. The molecule has 1 aromatic rings. The van der Waals surface area contributed by atoms with Crippen molar-refractivity contribution >= 4 is 11.9 Å². The lowest BCUT2D eigenvalue weighted by molar-refractivity contribution is -0.137. The first-order valence-corrected chi connectivity index (χ1v) is 6.14. The molecule has 6 heteroatoms. The van der Waals surface area contributed by atoms with E-state index in [9.17, 15) is 9.59 Å². The van der Waals surface area contributed by atoms with Gasteiger partial charge in [-0.1, -0.05) is 0 Å². The average Bonchev–Trinajstić information content (AvgIpc) is 2.83. The molecule has 0 spiro atoms. The number of amides is 1. The van der Waals surface area contributed by atoms with Gasteiger partial charge in [-0.05, 0) is 25.3 Å². The number of rotatable bonds is 9. The molecule has 0 saturated carbocycles. The molecule has 0 aromatic carbocycles. The fourth-order valence-corrected chi connectivity index (χ4v) is 1.55. The number of nitrogens with zero attached hydrogens (tertiary/aromatic N) is 2. The summed E-state index contributed by atoms with van der Waals surface area (Å²) in [6.07, 6.45) is 6.15. The summed E-state index contributed by atoms with van der Waals surface area (Å²) in [7, 11) is 0. The highest BCUT2D eigenvalue weighted by atomic mass is 16.4. The van der Waals surface area contributed by atoms with Crippen molar-refractivity contribution in [2.45, 2.75) is 38.6 Å². The molecular formula is C12H19N3O3. The third-order valence-electron chi connectivity index (χ3n) is 2.49. The lowest BCUT2D eigenvalue weighted by Gasteiger charge is -2.05. The largest absolute Gasteiger partial charge is 0.481 e. The van der Waals surface area contributed by atoms with Crippen LogP contribution in [0, 0.1) is 0 Å². The topological polar surface area (TPSA) is 84.2 Å². The van der Waals surface area contributed by atoms with Gasteiger partial charge in [0, 0.05) is 38.3 Å². The number of carboxylic acids is 1. The van der Waals surface area contributed by atoms with Gasteiger partial charge in [0.2, 0.25) is 5.91 Å². The normalized spacial score (nSPS) is 10.2. The van der Waals surface area contributed by atoms with Gasteiger partial charge in [-0.2, -0.15) is 5.10 Å². The summed E-state index contributed by atoms with van der Waals surface area (Å²) in [6, 6.07) is 1.86. The Balaban J connectivity index is 1.95. The number of aliphatic carboxylic acids is 1. The molecule has 1 rings (SSSR count). The molecule has 1 aromatic heterocycles. The molecule has 1 heterocycles. The first-order valence-electron chi connectivity index (χ1n) is 6.14. The average molecular weight is 253 g/mol. The lowest BCUT2D eigenvalue weighted by Crippen LogP contribution is -2.25. The van der Waals surface area contributed by atoms with Crippen LogP contribution in [-0.2, 0) is 16.1 Å². The first-order chi connectivity index (χ1) is 8.68. The number of carboxylic acid groups (broad SMARTS) is 1. The zero-order valence-corrected chi connectivity index (χ0v) is 10.3. The van der Waals surface area contributed by atoms with E-state index >= 15 is 0 Å². The molecule has 0 unspecified atom stereocenters. The van der Waals surface area contributed by atoms with Gasteiger partial charge in [-0.3, -0.25) is 14.3 Å². The zero-order valence-electron chi connectivity index (χ0n) is 10.3. The maximum Gasteiger partial charge on any atom is 0.303 e. The highest BCUT2D eigenvalue weighted by Crippen LogP contribution is 1.99. The minimum Gasteiger partial charge on any atom is -0.481 e. The van der Waals surface area contributed by atoms with Gasteiger partial charge in [-0.15, -0.1) is 0 Å². The second-order valence-corrected chi connectivity index (χ2v) is 4.07. The van der Waals surface area contributed by atoms with Crippen LogP contribution in [0.4, 0.5) is 0 Å². The van der Waals surface area contributed by atoms with E-state index in [1.165, 1.54) is 0 Å². The van der Waals surface area contributed by atoms with Crippen molar-refractivity contribution < 1.29 is 14.7 Å². The van der Waals surface area contributed by atoms with Crippen molar-refractivity contribution in [2.75, 3.05) is 6.54 Å². The molecule has 1 amide bonds. The van der Waals surface area contributed by atoms with Crippen molar-refractivity contribution in [1.29, 1.82) is 0 Å². The van der Waals surface area contributed by atoms with Gasteiger partial charge >= 0.3 is 5.97 Å². The first kappa shape index (κ1) is 14.2. The van der Waals surface area contributed by atoms with E-state index in [-0.39, 0.29) is 12.3 Å². The Morgan fingerprint density at radius 3 is 2.67 bits per heavy atom. The Bertz CT molecular complexity index is 363. The Morgan fingerprint density at radius 1 is 1.22 bits per heavy atom. The molecule has 2 N–H and O–H groups in total. The van der Waals surface area contributed by atoms with E-state index in [1.807, 2.05) is 16.9 Å². The smallest absolute Gasteiger partial charge is 0.303 e. The van der Waals surface area contributed by atoms with Crippen LogP contribution < -0.4 is 5.32 Å². The maximum absolute atomic E-state index is 11.4. The van der Waals surface area contributed by atoms with E-state index in [0.29, 0.717) is 25.8 Å². The summed E-state index contributed by atoms with van der Waals surface area (Å²) in [6.45, 7) is 1.41. The van der Waals surface area contributed by atoms with Crippen LogP contribution in [0.1, 0.15) is 32.1 Å². The van der Waals surface area contributed by atoms with Crippen LogP contribution in [0.5, 0.6) is 0 Å². The SMILES string of the molecule is O=C(O)CCCCC(=O)NCCCn1cccn1. The summed E-state index contributed by atoms with van der Waals surface area (Å²) < 4.78 is 1.82. The minimum atomic E-state index is -0.811. The van der Waals surface area contributed by atoms with E-state index in [4.69, 9.17) is 5.11 Å². The molecule has 6 nitrogen and oxygen atoms in total. The van der Waals surface area contributed by atoms with Gasteiger partial charge < -0.3 is 10.4 Å². The zero-order chi connectivity index (χ0) is 13.2. The van der Waals surface area contributed by atoms with E-state index in [0.717, 1.165) is 13.0 Å². The molecule has 0 aliphatic heterocycles. The number of aromatic nitrogens is 2. The predicted molar refractivity (Wildman–Crippen MR) is 66.0 cm³/mol. The van der Waals surface area contributed by atoms with E-state index < -0.39 is 5.97 Å². The van der Waals surface area contributed by atoms with Crippen LogP contribution in [0.3, 0.4) is 0 Å². The van der Waals surface area contributed by atoms with E-state index in [1.54, 1.807) is 6.20 Å². The minimum absolute atomic E-state index is 0.0131. The lowest BCUT2D eigenvalue weighted by atomic mass is 10.2. The van der Waals surface area contributed by atoms with Gasteiger partial charge in [0.25, 0.3) is 0 Å². The molecule has 0 bridgehead atoms. The van der Waals surface area contributed by atoms with Gasteiger partial charge in [0.1, 0.15) is 0 Å². The molecule has 0 atom stereocenters. The van der Waals surface area contributed by atoms with Crippen molar-refractivity contribution in [3.8, 4) is 0 Å². The Hall–Kier alpha value is -1.85. The number of carbonyl (C=O) groups is 2. The quantitative estimate of drug-likeness (QED) is 0.644. The maximum atomic E-state index is 11.4. The third-order valence-corrected chi connectivity index (χ3v) is 2.49. The molecule has 0 fully saturated rings. The number of carbonyl (C=O) groups excluding carboxylic acids is 1. The summed E-state index contributed by atoms with van der Waals surface area (Å²) >= 11 is 0. The molecule has 18 heavy (non-hydrogen) atoms. The van der Waals surface area contributed by atoms with Crippen LogP contribution in [-0.4, -0.2) is 33.3 Å². The van der Waals surface area contributed by atoms with Crippen molar-refractivity contribution in [3.05, 3.63) is 18.5 Å². The fourth-order valence-electron chi connectivity index (χ4n) is 1.55. The molecule has 0 radical (unpaired) electrons. The fraction of sp³-hybridized carbons (Fsp3) is 0.583. The van der Waals surface area contributed by atoms with E-state index in [2.05, 4.69) is 10.4 Å². The van der Waals surface area contributed by atoms with Crippen LogP contribution in [0.25, 0.3) is 0 Å². The van der Waals surface area contributed by atoms with Crippen molar-refractivity contribution in [2.24, 2.45) is 0 Å². The summed E-state index contributed by atoms with van der Waals surface area (Å²) in [5.74, 6) is -0.824. The molecule has 0 saturated heterocycles. The highest BCUT2D eigenvalue weighted by molar-refractivity contribution is 5.75. The standard InChI is InChI=1S/C12H19N3O3/c16-11(5-1-2-6-12(17)18)13-7-3-9-15-10-4-8-14-15/h4,8,10H,1-3,5-7,9H2,(H,13,16)(H,17,18).